The van der Waals surface area contributed by atoms with Crippen LogP contribution in [0.2, 0.25) is 5.02 Å². The van der Waals surface area contributed by atoms with Crippen LogP contribution in [0.4, 0.5) is 0 Å². The number of halogens is 1. The highest BCUT2D eigenvalue weighted by Crippen LogP contribution is 2.35. The Bertz CT molecular complexity index is 851. The molecule has 0 saturated heterocycles. The first-order chi connectivity index (χ1) is 11.6. The van der Waals surface area contributed by atoms with E-state index < -0.39 is 0 Å². The molecule has 3 rings (SSSR count). The molecule has 0 radical (unpaired) electrons. The van der Waals surface area contributed by atoms with E-state index in [4.69, 9.17) is 11.6 Å². The summed E-state index contributed by atoms with van der Waals surface area (Å²) in [6, 6.07) is 20.8. The van der Waals surface area contributed by atoms with Crippen molar-refractivity contribution in [3.63, 3.8) is 0 Å². The fourth-order valence-corrected chi connectivity index (χ4v) is 3.63. The summed E-state index contributed by atoms with van der Waals surface area (Å²) in [5.41, 5.74) is 2.38. The molecule has 0 spiro atoms. The Morgan fingerprint density at radius 1 is 1.04 bits per heavy atom. The van der Waals surface area contributed by atoms with E-state index in [0.717, 1.165) is 5.03 Å². The van der Waals surface area contributed by atoms with E-state index in [9.17, 15) is 4.79 Å². The van der Waals surface area contributed by atoms with Crippen molar-refractivity contribution < 1.29 is 4.79 Å². The SMILES string of the molecule is CC(Sc1ncccc1C(=O)c1cccc(Cl)c1)c1ccccc1. The van der Waals surface area contributed by atoms with E-state index in [-0.39, 0.29) is 11.0 Å². The molecule has 0 amide bonds. The summed E-state index contributed by atoms with van der Waals surface area (Å²) in [6.45, 7) is 2.11. The molecule has 0 N–H and O–H groups in total. The Morgan fingerprint density at radius 2 is 1.83 bits per heavy atom. The number of carbonyl (C=O) groups excluding carboxylic acids is 1. The second-order valence-electron chi connectivity index (χ2n) is 5.37. The van der Waals surface area contributed by atoms with Gasteiger partial charge < -0.3 is 0 Å². The van der Waals surface area contributed by atoms with Gasteiger partial charge >= 0.3 is 0 Å². The van der Waals surface area contributed by atoms with Crippen molar-refractivity contribution in [3.8, 4) is 0 Å². The molecule has 4 heteroatoms. The average molecular weight is 354 g/mol. The predicted octanol–water partition coefficient (Wildman–Crippen LogP) is 5.82. The second-order valence-corrected chi connectivity index (χ2v) is 7.13. The van der Waals surface area contributed by atoms with Gasteiger partial charge in [0.2, 0.25) is 0 Å². The third-order valence-corrected chi connectivity index (χ3v) is 5.07. The summed E-state index contributed by atoms with van der Waals surface area (Å²) in [5, 5.41) is 1.49. The van der Waals surface area contributed by atoms with Crippen LogP contribution < -0.4 is 0 Å². The first-order valence-electron chi connectivity index (χ1n) is 7.62. The molecule has 0 aliphatic carbocycles. The first-order valence-corrected chi connectivity index (χ1v) is 8.88. The number of pyridine rings is 1. The van der Waals surface area contributed by atoms with Crippen LogP contribution in [0.15, 0.2) is 78.0 Å². The van der Waals surface area contributed by atoms with Crippen LogP contribution in [0.25, 0.3) is 0 Å². The van der Waals surface area contributed by atoms with E-state index in [2.05, 4.69) is 24.0 Å². The zero-order chi connectivity index (χ0) is 16.9. The van der Waals surface area contributed by atoms with Gasteiger partial charge in [-0.15, -0.1) is 0 Å². The maximum absolute atomic E-state index is 12.8. The maximum atomic E-state index is 12.8. The molecule has 2 nitrogen and oxygen atoms in total. The highest BCUT2D eigenvalue weighted by atomic mass is 35.5. The largest absolute Gasteiger partial charge is 0.289 e. The van der Waals surface area contributed by atoms with Crippen LogP contribution in [0, 0.1) is 0 Å². The molecule has 0 saturated carbocycles. The van der Waals surface area contributed by atoms with Crippen molar-refractivity contribution in [3.05, 3.63) is 94.6 Å². The summed E-state index contributed by atoms with van der Waals surface area (Å²) in [6.07, 6.45) is 1.72. The van der Waals surface area contributed by atoms with Gasteiger partial charge in [-0.3, -0.25) is 4.79 Å². The van der Waals surface area contributed by atoms with Gasteiger partial charge in [-0.05, 0) is 36.8 Å². The minimum atomic E-state index is -0.0617. The van der Waals surface area contributed by atoms with Gasteiger partial charge in [-0.25, -0.2) is 4.98 Å². The Labute approximate surface area is 150 Å². The lowest BCUT2D eigenvalue weighted by atomic mass is 10.1. The van der Waals surface area contributed by atoms with Gasteiger partial charge in [-0.2, -0.15) is 0 Å². The van der Waals surface area contributed by atoms with Gasteiger partial charge in [0, 0.05) is 22.0 Å². The number of rotatable bonds is 5. The monoisotopic (exact) mass is 353 g/mol. The summed E-state index contributed by atoms with van der Waals surface area (Å²) in [4.78, 5) is 17.2. The van der Waals surface area contributed by atoms with Crippen molar-refractivity contribution in [1.29, 1.82) is 0 Å². The quantitative estimate of drug-likeness (QED) is 0.427. The molecule has 1 aromatic heterocycles. The highest BCUT2D eigenvalue weighted by molar-refractivity contribution is 7.99. The topological polar surface area (TPSA) is 30.0 Å². The molecule has 2 aromatic carbocycles. The highest BCUT2D eigenvalue weighted by Gasteiger charge is 2.17. The zero-order valence-electron chi connectivity index (χ0n) is 13.1. The van der Waals surface area contributed by atoms with Crippen molar-refractivity contribution in [2.24, 2.45) is 0 Å². The van der Waals surface area contributed by atoms with E-state index in [0.29, 0.717) is 16.1 Å². The number of benzene rings is 2. The summed E-state index contributed by atoms with van der Waals surface area (Å²) in [5.74, 6) is -0.0617. The molecule has 1 atom stereocenters. The van der Waals surface area contributed by atoms with Crippen molar-refractivity contribution in [2.75, 3.05) is 0 Å². The van der Waals surface area contributed by atoms with Crippen molar-refractivity contribution in [1.82, 2.24) is 4.98 Å². The van der Waals surface area contributed by atoms with Gasteiger partial charge in [0.25, 0.3) is 0 Å². The molecular formula is C20H16ClNOS. The van der Waals surface area contributed by atoms with Gasteiger partial charge in [0.1, 0.15) is 5.03 Å². The lowest BCUT2D eigenvalue weighted by Crippen LogP contribution is -2.05. The molecule has 0 fully saturated rings. The smallest absolute Gasteiger partial charge is 0.195 e. The molecule has 3 aromatic rings. The first kappa shape index (κ1) is 16.7. The Hall–Kier alpha value is -2.10. The van der Waals surface area contributed by atoms with Crippen LogP contribution in [0.5, 0.6) is 0 Å². The van der Waals surface area contributed by atoms with Crippen molar-refractivity contribution in [2.45, 2.75) is 17.2 Å². The fourth-order valence-electron chi connectivity index (χ4n) is 2.40. The van der Waals surface area contributed by atoms with Crippen LogP contribution in [0.3, 0.4) is 0 Å². The second kappa shape index (κ2) is 7.65. The standard InChI is InChI=1S/C20H16ClNOS/c1-14(15-7-3-2-4-8-15)24-20-18(11-6-12-22-20)19(23)16-9-5-10-17(21)13-16/h2-14H,1H3. The molecule has 120 valence electrons. The molecular weight excluding hydrogens is 338 g/mol. The minimum absolute atomic E-state index is 0.0617. The normalized spacial score (nSPS) is 11.9. The number of ketones is 1. The van der Waals surface area contributed by atoms with E-state index in [1.54, 1.807) is 48.3 Å². The lowest BCUT2D eigenvalue weighted by Gasteiger charge is -2.13. The fraction of sp³-hybridized carbons (Fsp3) is 0.100. The number of thioether (sulfide) groups is 1. The molecule has 1 unspecified atom stereocenters. The number of nitrogens with zero attached hydrogens (tertiary/aromatic N) is 1. The van der Waals surface area contributed by atoms with Crippen LogP contribution in [-0.4, -0.2) is 10.8 Å². The molecule has 0 aliphatic rings. The Morgan fingerprint density at radius 3 is 2.58 bits per heavy atom. The van der Waals surface area contributed by atoms with Crippen molar-refractivity contribution >= 4 is 29.1 Å². The molecule has 0 aliphatic heterocycles. The maximum Gasteiger partial charge on any atom is 0.195 e. The number of hydrogen-bond acceptors (Lipinski definition) is 3. The number of hydrogen-bond donors (Lipinski definition) is 0. The number of carbonyl (C=O) groups is 1. The van der Waals surface area contributed by atoms with Crippen LogP contribution >= 0.6 is 23.4 Å². The minimum Gasteiger partial charge on any atom is -0.289 e. The van der Waals surface area contributed by atoms with Gasteiger partial charge in [0.15, 0.2) is 5.78 Å². The molecule has 24 heavy (non-hydrogen) atoms. The summed E-state index contributed by atoms with van der Waals surface area (Å²) in [7, 11) is 0. The summed E-state index contributed by atoms with van der Waals surface area (Å²) >= 11 is 7.59. The number of aromatic nitrogens is 1. The third-order valence-electron chi connectivity index (χ3n) is 3.66. The van der Waals surface area contributed by atoms with Crippen LogP contribution in [0.1, 0.15) is 33.7 Å². The summed E-state index contributed by atoms with van der Waals surface area (Å²) < 4.78 is 0. The molecule has 1 heterocycles. The molecule has 0 bridgehead atoms. The third kappa shape index (κ3) is 3.86. The van der Waals surface area contributed by atoms with Gasteiger partial charge in [0.05, 0.1) is 5.56 Å². The predicted molar refractivity (Wildman–Crippen MR) is 99.8 cm³/mol. The van der Waals surface area contributed by atoms with Crippen LogP contribution in [-0.2, 0) is 0 Å². The van der Waals surface area contributed by atoms with E-state index >= 15 is 0 Å². The Balaban J connectivity index is 1.89. The van der Waals surface area contributed by atoms with E-state index in [1.165, 1.54) is 5.56 Å². The Kier molecular flexibility index (Phi) is 5.34. The zero-order valence-corrected chi connectivity index (χ0v) is 14.7. The van der Waals surface area contributed by atoms with Gasteiger partial charge in [-0.1, -0.05) is 65.8 Å². The van der Waals surface area contributed by atoms with E-state index in [1.807, 2.05) is 24.3 Å². The lowest BCUT2D eigenvalue weighted by molar-refractivity contribution is 0.103. The average Bonchev–Trinajstić information content (AvgIpc) is 2.62.